The molecule has 0 bridgehead atoms. The van der Waals surface area contributed by atoms with Crippen LogP contribution in [0.5, 0.6) is 0 Å². The Balaban J connectivity index is 1.97. The van der Waals surface area contributed by atoms with Crippen LogP contribution in [0.2, 0.25) is 0 Å². The number of benzene rings is 1. The van der Waals surface area contributed by atoms with Crippen LogP contribution in [-0.2, 0) is 22.6 Å². The van der Waals surface area contributed by atoms with Crippen LogP contribution < -0.4 is 11.3 Å². The van der Waals surface area contributed by atoms with Crippen LogP contribution in [0.25, 0.3) is 32.7 Å². The number of ether oxygens (including phenoxy) is 1. The highest BCUT2D eigenvalue weighted by molar-refractivity contribution is 7.87. The molecule has 7 nitrogen and oxygen atoms in total. The number of pyridine rings is 1. The number of hydrogen-bond acceptors (Lipinski definition) is 7. The summed E-state index contributed by atoms with van der Waals surface area (Å²) in [7, 11) is 1.93. The minimum absolute atomic E-state index is 0.171. The Kier molecular flexibility index (Phi) is 5.76. The monoisotopic (exact) mass is 440 g/mol. The lowest BCUT2D eigenvalue weighted by atomic mass is 10.0. The zero-order chi connectivity index (χ0) is 21.3. The van der Waals surface area contributed by atoms with Gasteiger partial charge in [0.2, 0.25) is 0 Å². The molecule has 0 saturated heterocycles. The van der Waals surface area contributed by atoms with Crippen molar-refractivity contribution in [3.63, 3.8) is 0 Å². The second-order valence-corrected chi connectivity index (χ2v) is 9.44. The molecule has 4 aromatic rings. The van der Waals surface area contributed by atoms with E-state index >= 15 is 0 Å². The van der Waals surface area contributed by atoms with Gasteiger partial charge < -0.3 is 15.0 Å². The van der Waals surface area contributed by atoms with Gasteiger partial charge in [-0.15, -0.1) is 11.3 Å². The number of methoxy groups -OCH3 is 1. The number of anilines is 1. The van der Waals surface area contributed by atoms with Crippen LogP contribution in [0.4, 0.5) is 5.69 Å². The van der Waals surface area contributed by atoms with E-state index in [9.17, 15) is 9.00 Å². The molecule has 0 fully saturated rings. The molecule has 4 rings (SSSR count). The highest BCUT2D eigenvalue weighted by atomic mass is 32.2. The van der Waals surface area contributed by atoms with Gasteiger partial charge in [-0.25, -0.2) is 9.97 Å². The summed E-state index contributed by atoms with van der Waals surface area (Å²) in [5.41, 5.74) is 9.61. The number of aryl methyl sites for hydroxylation is 1. The van der Waals surface area contributed by atoms with Crippen LogP contribution in [-0.4, -0.2) is 38.2 Å². The summed E-state index contributed by atoms with van der Waals surface area (Å²) in [5, 5.41) is 0.763. The maximum atomic E-state index is 12.8. The molecule has 0 aliphatic rings. The van der Waals surface area contributed by atoms with Crippen molar-refractivity contribution in [2.24, 2.45) is 7.05 Å². The summed E-state index contributed by atoms with van der Waals surface area (Å²) >= 11 is 1.30. The topological polar surface area (TPSA) is 100 Å². The number of thiophene rings is 1. The fraction of sp³-hybridized carbons (Fsp3) is 0.190. The average molecular weight is 441 g/mol. The molecule has 3 heterocycles. The van der Waals surface area contributed by atoms with Crippen LogP contribution >= 0.6 is 11.3 Å². The SMILES string of the molecule is COCC[S@@](=O)c1sc2nc(-c3cc(=O)n(C)cn3)cc(-c3ccccc3)c2c1N. The zero-order valence-electron chi connectivity index (χ0n) is 16.5. The van der Waals surface area contributed by atoms with E-state index in [2.05, 4.69) is 4.98 Å². The molecule has 0 aliphatic heterocycles. The Morgan fingerprint density at radius 3 is 2.67 bits per heavy atom. The zero-order valence-corrected chi connectivity index (χ0v) is 18.1. The number of nitrogens with two attached hydrogens (primary N) is 1. The molecule has 1 atom stereocenters. The summed E-state index contributed by atoms with van der Waals surface area (Å²) in [6, 6.07) is 13.1. The third-order valence-corrected chi connectivity index (χ3v) is 7.54. The Bertz CT molecular complexity index is 1300. The van der Waals surface area contributed by atoms with Crippen LogP contribution in [0.15, 0.2) is 57.8 Å². The Morgan fingerprint density at radius 1 is 1.20 bits per heavy atom. The summed E-state index contributed by atoms with van der Waals surface area (Å²) in [5.74, 6) is 0.358. The van der Waals surface area contributed by atoms with E-state index in [1.54, 1.807) is 14.2 Å². The van der Waals surface area contributed by atoms with E-state index in [-0.39, 0.29) is 5.56 Å². The van der Waals surface area contributed by atoms with Gasteiger partial charge in [0.25, 0.3) is 5.56 Å². The second kappa shape index (κ2) is 8.47. The van der Waals surface area contributed by atoms with E-state index in [1.807, 2.05) is 36.4 Å². The third-order valence-electron chi connectivity index (χ3n) is 4.67. The van der Waals surface area contributed by atoms with Crippen molar-refractivity contribution in [1.82, 2.24) is 14.5 Å². The van der Waals surface area contributed by atoms with Gasteiger partial charge in [0.1, 0.15) is 9.04 Å². The van der Waals surface area contributed by atoms with Crippen molar-refractivity contribution in [3.05, 3.63) is 59.1 Å². The van der Waals surface area contributed by atoms with Crippen molar-refractivity contribution in [2.45, 2.75) is 4.21 Å². The lowest BCUT2D eigenvalue weighted by molar-refractivity contribution is 0.218. The molecule has 0 saturated carbocycles. The maximum absolute atomic E-state index is 12.8. The minimum Gasteiger partial charge on any atom is -0.396 e. The quantitative estimate of drug-likeness (QED) is 0.495. The molecule has 0 spiro atoms. The molecule has 1 aromatic carbocycles. The van der Waals surface area contributed by atoms with Gasteiger partial charge >= 0.3 is 0 Å². The highest BCUT2D eigenvalue weighted by Crippen LogP contribution is 2.42. The molecule has 0 amide bonds. The number of rotatable bonds is 6. The van der Waals surface area contributed by atoms with Crippen molar-refractivity contribution < 1.29 is 8.95 Å². The predicted molar refractivity (Wildman–Crippen MR) is 121 cm³/mol. The van der Waals surface area contributed by atoms with Crippen molar-refractivity contribution >= 4 is 38.0 Å². The molecule has 30 heavy (non-hydrogen) atoms. The van der Waals surface area contributed by atoms with Gasteiger partial charge in [0.15, 0.2) is 0 Å². The fourth-order valence-corrected chi connectivity index (χ4v) is 5.66. The Morgan fingerprint density at radius 2 is 1.97 bits per heavy atom. The predicted octanol–water partition coefficient (Wildman–Crippen LogP) is 3.06. The smallest absolute Gasteiger partial charge is 0.253 e. The first-order chi connectivity index (χ1) is 14.5. The van der Waals surface area contributed by atoms with Gasteiger partial charge in [-0.3, -0.25) is 9.00 Å². The number of fused-ring (bicyclic) bond motifs is 1. The lowest BCUT2D eigenvalue weighted by Gasteiger charge is -2.08. The molecule has 3 aromatic heterocycles. The molecule has 2 N–H and O–H groups in total. The average Bonchev–Trinajstić information content (AvgIpc) is 3.10. The van der Waals surface area contributed by atoms with Crippen LogP contribution in [0, 0.1) is 0 Å². The summed E-state index contributed by atoms with van der Waals surface area (Å²) < 4.78 is 19.8. The highest BCUT2D eigenvalue weighted by Gasteiger charge is 2.21. The van der Waals surface area contributed by atoms with E-state index < -0.39 is 10.8 Å². The molecular formula is C21H20N4O3S2. The largest absolute Gasteiger partial charge is 0.396 e. The van der Waals surface area contributed by atoms with E-state index in [0.717, 1.165) is 16.5 Å². The standard InChI is InChI=1S/C21H20N4O3S2/c1-25-12-23-15(11-17(25)26)16-10-14(13-6-4-3-5-7-13)18-19(22)21(29-20(18)24-16)30(27)9-8-28-2/h3-7,10-12H,8-9,22H2,1-2H3/t30-/m1/s1. The Labute approximate surface area is 179 Å². The van der Waals surface area contributed by atoms with Gasteiger partial charge in [-0.1, -0.05) is 30.3 Å². The normalized spacial score (nSPS) is 12.3. The summed E-state index contributed by atoms with van der Waals surface area (Å²) in [6.07, 6.45) is 1.47. The molecule has 9 heteroatoms. The lowest BCUT2D eigenvalue weighted by Crippen LogP contribution is -2.15. The first-order valence-corrected chi connectivity index (χ1v) is 11.3. The van der Waals surface area contributed by atoms with Crippen molar-refractivity contribution in [1.29, 1.82) is 0 Å². The van der Waals surface area contributed by atoms with Crippen molar-refractivity contribution in [3.8, 4) is 22.5 Å². The maximum Gasteiger partial charge on any atom is 0.253 e. The van der Waals surface area contributed by atoms with Gasteiger partial charge in [-0.2, -0.15) is 0 Å². The minimum atomic E-state index is -1.29. The number of nitrogens with zero attached hydrogens (tertiary/aromatic N) is 3. The van der Waals surface area contributed by atoms with E-state index in [1.165, 1.54) is 28.3 Å². The number of aromatic nitrogens is 3. The molecule has 0 unspecified atom stereocenters. The van der Waals surface area contributed by atoms with Gasteiger partial charge in [-0.05, 0) is 17.2 Å². The summed E-state index contributed by atoms with van der Waals surface area (Å²) in [4.78, 5) is 21.8. The van der Waals surface area contributed by atoms with Gasteiger partial charge in [0.05, 0.1) is 46.6 Å². The first-order valence-electron chi connectivity index (χ1n) is 9.18. The summed E-state index contributed by atoms with van der Waals surface area (Å²) in [6.45, 7) is 0.377. The number of hydrogen-bond donors (Lipinski definition) is 1. The molecule has 154 valence electrons. The fourth-order valence-electron chi connectivity index (χ4n) is 3.10. The Hall–Kier alpha value is -2.88. The van der Waals surface area contributed by atoms with Gasteiger partial charge in [0, 0.05) is 25.6 Å². The first kappa shape index (κ1) is 20.4. The second-order valence-electron chi connectivity index (χ2n) is 6.67. The number of nitrogen functional groups attached to an aromatic ring is 1. The molecule has 0 radical (unpaired) electrons. The van der Waals surface area contributed by atoms with Crippen LogP contribution in [0.1, 0.15) is 0 Å². The van der Waals surface area contributed by atoms with E-state index in [0.29, 0.717) is 38.5 Å². The van der Waals surface area contributed by atoms with Crippen molar-refractivity contribution in [2.75, 3.05) is 25.2 Å². The molecular weight excluding hydrogens is 420 g/mol. The molecule has 0 aliphatic carbocycles. The third kappa shape index (κ3) is 3.79. The van der Waals surface area contributed by atoms with Crippen LogP contribution in [0.3, 0.4) is 0 Å². The van der Waals surface area contributed by atoms with E-state index in [4.69, 9.17) is 15.5 Å².